The predicted molar refractivity (Wildman–Crippen MR) is 50.9 cm³/mol. The molecule has 1 fully saturated rings. The van der Waals surface area contributed by atoms with Crippen LogP contribution in [0.15, 0.2) is 4.63 Å². The summed E-state index contributed by atoms with van der Waals surface area (Å²) in [6, 6.07) is 0. The van der Waals surface area contributed by atoms with Crippen LogP contribution in [0.3, 0.4) is 0 Å². The van der Waals surface area contributed by atoms with Gasteiger partial charge in [-0.1, -0.05) is 0 Å². The maximum atomic E-state index is 5.61. The summed E-state index contributed by atoms with van der Waals surface area (Å²) in [4.78, 5) is 2.03. The molecule has 1 aromatic heterocycles. The molecule has 6 nitrogen and oxygen atoms in total. The van der Waals surface area contributed by atoms with Crippen molar-refractivity contribution in [2.75, 3.05) is 23.7 Å². The van der Waals surface area contributed by atoms with Gasteiger partial charge in [0.15, 0.2) is 0 Å². The first-order chi connectivity index (χ1) is 6.66. The van der Waals surface area contributed by atoms with Crippen LogP contribution in [0.4, 0.5) is 11.6 Å². The molecule has 0 aromatic carbocycles. The van der Waals surface area contributed by atoms with E-state index in [9.17, 15) is 0 Å². The van der Waals surface area contributed by atoms with Gasteiger partial charge in [-0.15, -0.1) is 0 Å². The van der Waals surface area contributed by atoms with Crippen molar-refractivity contribution in [1.82, 2.24) is 10.3 Å². The van der Waals surface area contributed by atoms with Gasteiger partial charge in [0.25, 0.3) is 0 Å². The van der Waals surface area contributed by atoms with Crippen LogP contribution < -0.4 is 10.6 Å². The molecule has 1 aromatic rings. The topological polar surface area (TPSA) is 77.4 Å². The fraction of sp³-hybridized carbons (Fsp3) is 0.750. The van der Waals surface area contributed by atoms with Gasteiger partial charge >= 0.3 is 0 Å². The van der Waals surface area contributed by atoms with Crippen LogP contribution in [-0.4, -0.2) is 35.6 Å². The minimum absolute atomic E-state index is 0.176. The van der Waals surface area contributed by atoms with E-state index in [1.165, 1.54) is 0 Å². The van der Waals surface area contributed by atoms with E-state index in [0.717, 1.165) is 13.1 Å². The Balaban J connectivity index is 2.15. The van der Waals surface area contributed by atoms with Crippen LogP contribution >= 0.6 is 0 Å². The number of ether oxygens (including phenoxy) is 1. The Bertz CT molecular complexity index is 304. The van der Waals surface area contributed by atoms with Crippen LogP contribution in [0.1, 0.15) is 13.8 Å². The third-order valence-electron chi connectivity index (χ3n) is 2.21. The van der Waals surface area contributed by atoms with Crippen molar-refractivity contribution in [1.29, 1.82) is 0 Å². The summed E-state index contributed by atoms with van der Waals surface area (Å²) >= 11 is 0. The Kier molecular flexibility index (Phi) is 2.28. The molecule has 0 spiro atoms. The van der Waals surface area contributed by atoms with Crippen molar-refractivity contribution >= 4 is 11.6 Å². The Morgan fingerprint density at radius 2 is 1.93 bits per heavy atom. The van der Waals surface area contributed by atoms with E-state index in [2.05, 4.69) is 14.9 Å². The molecule has 0 bridgehead atoms. The molecule has 1 saturated heterocycles. The zero-order chi connectivity index (χ0) is 10.1. The van der Waals surface area contributed by atoms with Crippen LogP contribution in [-0.2, 0) is 4.74 Å². The number of hydrogen-bond donors (Lipinski definition) is 1. The maximum Gasteiger partial charge on any atom is 0.217 e. The fourth-order valence-corrected chi connectivity index (χ4v) is 1.76. The molecule has 78 valence electrons. The molecule has 2 rings (SSSR count). The number of nitrogens with two attached hydrogens (primary N) is 1. The molecule has 6 heteroatoms. The van der Waals surface area contributed by atoms with E-state index in [0.29, 0.717) is 11.6 Å². The van der Waals surface area contributed by atoms with Gasteiger partial charge in [0, 0.05) is 13.1 Å². The van der Waals surface area contributed by atoms with Gasteiger partial charge in [-0.25, -0.2) is 4.63 Å². The highest BCUT2D eigenvalue weighted by Gasteiger charge is 2.26. The molecule has 2 heterocycles. The standard InChI is InChI=1S/C8H14N4O2/c1-5-3-12(4-6(2)13-5)8-7(9)10-14-11-8/h5-6H,3-4H2,1-2H3,(H2,9,10). The van der Waals surface area contributed by atoms with Crippen LogP contribution in [0.25, 0.3) is 0 Å². The van der Waals surface area contributed by atoms with E-state index in [-0.39, 0.29) is 12.2 Å². The summed E-state index contributed by atoms with van der Waals surface area (Å²) in [6.45, 7) is 5.57. The zero-order valence-corrected chi connectivity index (χ0v) is 8.30. The molecule has 0 saturated carbocycles. The van der Waals surface area contributed by atoms with E-state index in [1.807, 2.05) is 18.7 Å². The van der Waals surface area contributed by atoms with Gasteiger partial charge in [-0.05, 0) is 24.2 Å². The third-order valence-corrected chi connectivity index (χ3v) is 2.21. The second-order valence-corrected chi connectivity index (χ2v) is 3.64. The van der Waals surface area contributed by atoms with Gasteiger partial charge in [0.1, 0.15) is 0 Å². The number of aromatic nitrogens is 2. The third kappa shape index (κ3) is 1.65. The highest BCUT2D eigenvalue weighted by molar-refractivity contribution is 5.56. The molecule has 2 atom stereocenters. The van der Waals surface area contributed by atoms with Crippen molar-refractivity contribution < 1.29 is 9.37 Å². The van der Waals surface area contributed by atoms with Gasteiger partial charge in [-0.3, -0.25) is 0 Å². The second kappa shape index (κ2) is 3.45. The number of nitrogen functional groups attached to an aromatic ring is 1. The fourth-order valence-electron chi connectivity index (χ4n) is 1.76. The van der Waals surface area contributed by atoms with E-state index in [1.54, 1.807) is 0 Å². The molecule has 0 aliphatic carbocycles. The maximum absolute atomic E-state index is 5.61. The molecule has 1 aliphatic heterocycles. The lowest BCUT2D eigenvalue weighted by molar-refractivity contribution is -0.00557. The Morgan fingerprint density at radius 1 is 1.29 bits per heavy atom. The Morgan fingerprint density at radius 3 is 2.43 bits per heavy atom. The number of rotatable bonds is 1. The Labute approximate surface area is 82.0 Å². The quantitative estimate of drug-likeness (QED) is 0.697. The SMILES string of the molecule is CC1CN(c2nonc2N)CC(C)O1. The summed E-state index contributed by atoms with van der Waals surface area (Å²) in [5, 5.41) is 7.32. The lowest BCUT2D eigenvalue weighted by Gasteiger charge is -2.34. The molecule has 0 radical (unpaired) electrons. The summed E-state index contributed by atoms with van der Waals surface area (Å²) in [5.74, 6) is 0.957. The van der Waals surface area contributed by atoms with E-state index < -0.39 is 0 Å². The normalized spacial score (nSPS) is 28.0. The van der Waals surface area contributed by atoms with Crippen molar-refractivity contribution in [3.8, 4) is 0 Å². The molecule has 2 N–H and O–H groups in total. The monoisotopic (exact) mass is 198 g/mol. The summed E-state index contributed by atoms with van der Waals surface area (Å²) in [6.07, 6.45) is 0.352. The second-order valence-electron chi connectivity index (χ2n) is 3.64. The summed E-state index contributed by atoms with van der Waals surface area (Å²) in [5.41, 5.74) is 5.61. The largest absolute Gasteiger partial charge is 0.378 e. The van der Waals surface area contributed by atoms with Crippen molar-refractivity contribution in [2.24, 2.45) is 0 Å². The molecule has 0 amide bonds. The Hall–Kier alpha value is -1.30. The minimum atomic E-state index is 0.176. The average Bonchev–Trinajstić information content (AvgIpc) is 2.49. The minimum Gasteiger partial charge on any atom is -0.378 e. The summed E-state index contributed by atoms with van der Waals surface area (Å²) in [7, 11) is 0. The van der Waals surface area contributed by atoms with Crippen molar-refractivity contribution in [3.05, 3.63) is 0 Å². The molecular formula is C8H14N4O2. The van der Waals surface area contributed by atoms with Gasteiger partial charge < -0.3 is 15.4 Å². The first kappa shape index (κ1) is 9.26. The number of nitrogens with zero attached hydrogens (tertiary/aromatic N) is 3. The lowest BCUT2D eigenvalue weighted by Crippen LogP contribution is -2.45. The lowest BCUT2D eigenvalue weighted by atomic mass is 10.2. The smallest absolute Gasteiger partial charge is 0.217 e. The molecule has 14 heavy (non-hydrogen) atoms. The van der Waals surface area contributed by atoms with Crippen molar-refractivity contribution in [3.63, 3.8) is 0 Å². The highest BCUT2D eigenvalue weighted by atomic mass is 16.6. The molecule has 1 aliphatic rings. The highest BCUT2D eigenvalue weighted by Crippen LogP contribution is 2.22. The first-order valence-corrected chi connectivity index (χ1v) is 4.65. The average molecular weight is 198 g/mol. The van der Waals surface area contributed by atoms with Gasteiger partial charge in [0.05, 0.1) is 12.2 Å². The first-order valence-electron chi connectivity index (χ1n) is 4.65. The van der Waals surface area contributed by atoms with Crippen LogP contribution in [0.2, 0.25) is 0 Å². The van der Waals surface area contributed by atoms with E-state index >= 15 is 0 Å². The molecule has 2 unspecified atom stereocenters. The number of hydrogen-bond acceptors (Lipinski definition) is 6. The van der Waals surface area contributed by atoms with Gasteiger partial charge in [0.2, 0.25) is 11.6 Å². The predicted octanol–water partition coefficient (Wildman–Crippen LogP) is 0.265. The van der Waals surface area contributed by atoms with Crippen LogP contribution in [0.5, 0.6) is 0 Å². The number of morpholine rings is 1. The van der Waals surface area contributed by atoms with Crippen LogP contribution in [0, 0.1) is 0 Å². The van der Waals surface area contributed by atoms with E-state index in [4.69, 9.17) is 10.5 Å². The van der Waals surface area contributed by atoms with Gasteiger partial charge in [-0.2, -0.15) is 0 Å². The molecular weight excluding hydrogens is 184 g/mol. The van der Waals surface area contributed by atoms with Crippen molar-refractivity contribution in [2.45, 2.75) is 26.1 Å². The number of anilines is 2. The summed E-state index contributed by atoms with van der Waals surface area (Å²) < 4.78 is 10.2. The zero-order valence-electron chi connectivity index (χ0n) is 8.30.